The summed E-state index contributed by atoms with van der Waals surface area (Å²) in [6.07, 6.45) is 11.2. The van der Waals surface area contributed by atoms with Crippen molar-refractivity contribution in [3.05, 3.63) is 88.7 Å². The molecule has 0 spiro atoms. The van der Waals surface area contributed by atoms with Crippen LogP contribution in [0.4, 0.5) is 5.69 Å². The zero-order valence-corrected chi connectivity index (χ0v) is 20.5. The molecule has 34 heavy (non-hydrogen) atoms. The van der Waals surface area contributed by atoms with Crippen molar-refractivity contribution in [2.75, 3.05) is 5.32 Å². The lowest BCUT2D eigenvalue weighted by Crippen LogP contribution is -2.24. The fourth-order valence-corrected chi connectivity index (χ4v) is 3.84. The normalized spacial score (nSPS) is 13.8. The monoisotopic (exact) mass is 459 g/mol. The van der Waals surface area contributed by atoms with Gasteiger partial charge >= 0.3 is 0 Å². The Morgan fingerprint density at radius 3 is 2.24 bits per heavy atom. The summed E-state index contributed by atoms with van der Waals surface area (Å²) in [6.45, 7) is 10.1. The van der Waals surface area contributed by atoms with Crippen molar-refractivity contribution in [3.63, 3.8) is 0 Å². The number of fused-ring (bicyclic) bond motifs is 2. The number of ketones is 2. The van der Waals surface area contributed by atoms with Gasteiger partial charge in [0.05, 0.1) is 16.8 Å². The van der Waals surface area contributed by atoms with Crippen molar-refractivity contribution in [2.24, 2.45) is 5.92 Å². The molecular formula is C29H33NO4. The van der Waals surface area contributed by atoms with Crippen LogP contribution in [0.1, 0.15) is 79.3 Å². The second-order valence-electron chi connectivity index (χ2n) is 9.10. The quantitative estimate of drug-likeness (QED) is 0.209. The number of benzene rings is 2. The first-order valence-electron chi connectivity index (χ1n) is 11.8. The van der Waals surface area contributed by atoms with Crippen molar-refractivity contribution in [1.82, 2.24) is 0 Å². The fourth-order valence-electron chi connectivity index (χ4n) is 3.84. The average molecular weight is 460 g/mol. The van der Waals surface area contributed by atoms with E-state index in [0.717, 1.165) is 6.42 Å². The molecule has 0 heterocycles. The van der Waals surface area contributed by atoms with Gasteiger partial charge in [0, 0.05) is 29.7 Å². The molecule has 2 N–H and O–H groups in total. The van der Waals surface area contributed by atoms with Gasteiger partial charge in [0.15, 0.2) is 17.3 Å². The van der Waals surface area contributed by atoms with E-state index >= 15 is 0 Å². The molecule has 0 saturated heterocycles. The zero-order chi connectivity index (χ0) is 24.8. The SMILES string of the molecule is C\C=C/C=C\C=C(/CCC(C)C)Oc1cc(O)c2c(c1NC(C)C)C(=O)c1ccccc1C2=O. The highest BCUT2D eigenvalue weighted by atomic mass is 16.5. The van der Waals surface area contributed by atoms with E-state index in [1.54, 1.807) is 24.3 Å². The van der Waals surface area contributed by atoms with Gasteiger partial charge in [-0.25, -0.2) is 0 Å². The van der Waals surface area contributed by atoms with E-state index in [0.29, 0.717) is 40.7 Å². The fraction of sp³-hybridized carbons (Fsp3) is 0.310. The summed E-state index contributed by atoms with van der Waals surface area (Å²) in [5.74, 6) is 0.559. The molecule has 3 rings (SSSR count). The first kappa shape index (κ1) is 25.0. The minimum absolute atomic E-state index is 0.0138. The van der Waals surface area contributed by atoms with Crippen LogP contribution < -0.4 is 10.1 Å². The molecule has 0 unspecified atom stereocenters. The summed E-state index contributed by atoms with van der Waals surface area (Å²) < 4.78 is 6.30. The maximum atomic E-state index is 13.5. The molecule has 2 aromatic carbocycles. The van der Waals surface area contributed by atoms with E-state index in [-0.39, 0.29) is 34.5 Å². The third-order valence-electron chi connectivity index (χ3n) is 5.48. The number of aromatic hydroxyl groups is 1. The van der Waals surface area contributed by atoms with Crippen LogP contribution in [0.25, 0.3) is 0 Å². The second kappa shape index (κ2) is 11.0. The van der Waals surface area contributed by atoms with Crippen molar-refractivity contribution >= 4 is 17.3 Å². The molecule has 178 valence electrons. The lowest BCUT2D eigenvalue weighted by atomic mass is 9.82. The van der Waals surface area contributed by atoms with Crippen molar-refractivity contribution < 1.29 is 19.4 Å². The van der Waals surface area contributed by atoms with Crippen LogP contribution in [0.3, 0.4) is 0 Å². The first-order valence-corrected chi connectivity index (χ1v) is 11.8. The molecule has 0 saturated carbocycles. The van der Waals surface area contributed by atoms with E-state index in [1.807, 2.05) is 51.2 Å². The number of carbonyl (C=O) groups is 2. The largest absolute Gasteiger partial charge is 0.507 e. The number of carbonyl (C=O) groups excluding carboxylic acids is 2. The molecule has 0 radical (unpaired) electrons. The summed E-state index contributed by atoms with van der Waals surface area (Å²) in [7, 11) is 0. The number of rotatable bonds is 9. The predicted octanol–water partition coefficient (Wildman–Crippen LogP) is 6.82. The second-order valence-corrected chi connectivity index (χ2v) is 9.10. The summed E-state index contributed by atoms with van der Waals surface area (Å²) in [5.41, 5.74) is 1.21. The van der Waals surface area contributed by atoms with Gasteiger partial charge < -0.3 is 15.2 Å². The van der Waals surface area contributed by atoms with Gasteiger partial charge in [0.25, 0.3) is 0 Å². The standard InChI is InChI=1S/C29H33NO4/c1-6-7-8-9-12-20(16-15-18(2)3)34-24-17-23(31)25-26(27(24)30-19(4)5)29(33)22-14-11-10-13-21(22)28(25)32/h6-14,17-19,30-31H,15-16H2,1-5H3/b7-6-,9-8-,20-12+. The number of phenolic OH excluding ortho intramolecular Hbond substituents is 1. The minimum Gasteiger partial charge on any atom is -0.507 e. The lowest BCUT2D eigenvalue weighted by Gasteiger charge is -2.25. The van der Waals surface area contributed by atoms with Crippen LogP contribution in [0, 0.1) is 5.92 Å². The molecule has 5 nitrogen and oxygen atoms in total. The number of ether oxygens (including phenoxy) is 1. The Balaban J connectivity index is 2.14. The molecule has 0 fully saturated rings. The molecule has 2 aromatic rings. The van der Waals surface area contributed by atoms with Crippen LogP contribution in [0.15, 0.2) is 66.5 Å². The van der Waals surface area contributed by atoms with E-state index < -0.39 is 0 Å². The van der Waals surface area contributed by atoms with Crippen LogP contribution in [-0.2, 0) is 0 Å². The summed E-state index contributed by atoms with van der Waals surface area (Å²) in [5, 5.41) is 14.2. The van der Waals surface area contributed by atoms with E-state index in [9.17, 15) is 14.7 Å². The predicted molar refractivity (Wildman–Crippen MR) is 137 cm³/mol. The number of allylic oxidation sites excluding steroid dienone is 6. The average Bonchev–Trinajstić information content (AvgIpc) is 2.79. The van der Waals surface area contributed by atoms with Gasteiger partial charge in [0.1, 0.15) is 11.5 Å². The molecule has 0 aromatic heterocycles. The number of anilines is 1. The molecule has 0 bridgehead atoms. The van der Waals surface area contributed by atoms with Crippen LogP contribution in [-0.4, -0.2) is 22.7 Å². The van der Waals surface area contributed by atoms with Crippen LogP contribution in [0.5, 0.6) is 11.5 Å². The van der Waals surface area contributed by atoms with Crippen molar-refractivity contribution in [2.45, 2.75) is 53.5 Å². The Bertz CT molecular complexity index is 1170. The Morgan fingerprint density at radius 2 is 1.65 bits per heavy atom. The first-order chi connectivity index (χ1) is 16.2. The van der Waals surface area contributed by atoms with Gasteiger partial charge in [-0.05, 0) is 39.2 Å². The third-order valence-corrected chi connectivity index (χ3v) is 5.48. The number of phenols is 1. The molecular weight excluding hydrogens is 426 g/mol. The van der Waals surface area contributed by atoms with E-state index in [2.05, 4.69) is 19.2 Å². The lowest BCUT2D eigenvalue weighted by molar-refractivity contribution is 0.0977. The summed E-state index contributed by atoms with van der Waals surface area (Å²) in [4.78, 5) is 26.7. The van der Waals surface area contributed by atoms with Crippen molar-refractivity contribution in [1.29, 1.82) is 0 Å². The maximum absolute atomic E-state index is 13.5. The molecule has 1 aliphatic rings. The maximum Gasteiger partial charge on any atom is 0.198 e. The number of hydrogen-bond donors (Lipinski definition) is 2. The highest BCUT2D eigenvalue weighted by molar-refractivity contribution is 6.31. The van der Waals surface area contributed by atoms with Crippen molar-refractivity contribution in [3.8, 4) is 11.5 Å². The number of nitrogens with one attached hydrogen (secondary N) is 1. The molecule has 5 heteroatoms. The molecule has 0 aliphatic heterocycles. The van der Waals surface area contributed by atoms with Gasteiger partial charge in [-0.1, -0.05) is 62.4 Å². The third kappa shape index (κ3) is 5.48. The zero-order valence-electron chi connectivity index (χ0n) is 20.5. The Morgan fingerprint density at radius 1 is 1.00 bits per heavy atom. The van der Waals surface area contributed by atoms with Crippen LogP contribution in [0.2, 0.25) is 0 Å². The highest BCUT2D eigenvalue weighted by Crippen LogP contribution is 2.43. The van der Waals surface area contributed by atoms with Gasteiger partial charge in [-0.15, -0.1) is 0 Å². The minimum atomic E-state index is -0.370. The molecule has 0 atom stereocenters. The topological polar surface area (TPSA) is 75.6 Å². The Hall–Kier alpha value is -3.60. The Labute approximate surface area is 201 Å². The Kier molecular flexibility index (Phi) is 8.11. The summed E-state index contributed by atoms with van der Waals surface area (Å²) in [6, 6.07) is 8.10. The van der Waals surface area contributed by atoms with Gasteiger partial charge in [0.2, 0.25) is 0 Å². The van der Waals surface area contributed by atoms with Gasteiger partial charge in [-0.3, -0.25) is 9.59 Å². The van der Waals surface area contributed by atoms with E-state index in [1.165, 1.54) is 6.07 Å². The molecule has 0 amide bonds. The summed E-state index contributed by atoms with van der Waals surface area (Å²) >= 11 is 0. The van der Waals surface area contributed by atoms with Gasteiger partial charge in [-0.2, -0.15) is 0 Å². The highest BCUT2D eigenvalue weighted by Gasteiger charge is 2.36. The smallest absolute Gasteiger partial charge is 0.198 e. The number of hydrogen-bond acceptors (Lipinski definition) is 5. The van der Waals surface area contributed by atoms with Crippen LogP contribution >= 0.6 is 0 Å². The van der Waals surface area contributed by atoms with E-state index in [4.69, 9.17) is 4.74 Å². The molecule has 1 aliphatic carbocycles.